The summed E-state index contributed by atoms with van der Waals surface area (Å²) in [5, 5.41) is 13.0. The van der Waals surface area contributed by atoms with Gasteiger partial charge < -0.3 is 10.4 Å². The Balaban J connectivity index is 1.93. The van der Waals surface area contributed by atoms with Crippen LogP contribution < -0.4 is 5.32 Å². The fraction of sp³-hybridized carbons (Fsp3) is 0.286. The molecular formula is C14H14N2O4S3. The van der Waals surface area contributed by atoms with Gasteiger partial charge in [0.05, 0.1) is 4.91 Å². The molecule has 0 saturated carbocycles. The standard InChI is InChI=1S/C14H14N2O4S3/c1-8(13(19)20)15-11(17)4-5-16-12(18)10(23-14(16)21)7-9-3-2-6-22-9/h2-3,6-8H,4-5H2,1H3,(H,15,17)(H,19,20)/b10-7-. The third kappa shape index (κ3) is 4.63. The van der Waals surface area contributed by atoms with Gasteiger partial charge in [-0.05, 0) is 24.4 Å². The summed E-state index contributed by atoms with van der Waals surface area (Å²) in [4.78, 5) is 37.5. The number of carbonyl (C=O) groups is 3. The van der Waals surface area contributed by atoms with Crippen molar-refractivity contribution in [1.29, 1.82) is 0 Å². The van der Waals surface area contributed by atoms with E-state index in [-0.39, 0.29) is 18.9 Å². The summed E-state index contributed by atoms with van der Waals surface area (Å²) in [5.41, 5.74) is 0. The van der Waals surface area contributed by atoms with Crippen molar-refractivity contribution in [2.45, 2.75) is 19.4 Å². The van der Waals surface area contributed by atoms with Gasteiger partial charge in [-0.3, -0.25) is 19.3 Å². The molecule has 2 N–H and O–H groups in total. The third-order valence-corrected chi connectivity index (χ3v) is 5.20. The van der Waals surface area contributed by atoms with Gasteiger partial charge in [-0.15, -0.1) is 11.3 Å². The van der Waals surface area contributed by atoms with Crippen LogP contribution in [0.2, 0.25) is 0 Å². The van der Waals surface area contributed by atoms with Crippen LogP contribution in [0, 0.1) is 0 Å². The van der Waals surface area contributed by atoms with Crippen molar-refractivity contribution in [1.82, 2.24) is 10.2 Å². The smallest absolute Gasteiger partial charge is 0.325 e. The number of thiophene rings is 1. The minimum Gasteiger partial charge on any atom is -0.480 e. The van der Waals surface area contributed by atoms with E-state index in [1.807, 2.05) is 17.5 Å². The van der Waals surface area contributed by atoms with Crippen molar-refractivity contribution in [3.05, 3.63) is 27.3 Å². The van der Waals surface area contributed by atoms with Crippen molar-refractivity contribution < 1.29 is 19.5 Å². The van der Waals surface area contributed by atoms with E-state index < -0.39 is 17.9 Å². The summed E-state index contributed by atoms with van der Waals surface area (Å²) < 4.78 is 0.400. The summed E-state index contributed by atoms with van der Waals surface area (Å²) >= 11 is 7.90. The molecule has 1 atom stereocenters. The summed E-state index contributed by atoms with van der Waals surface area (Å²) in [5.74, 6) is -1.77. The molecule has 1 aromatic rings. The molecule has 2 amide bonds. The Labute approximate surface area is 146 Å². The van der Waals surface area contributed by atoms with Crippen molar-refractivity contribution in [3.8, 4) is 0 Å². The molecule has 0 bridgehead atoms. The van der Waals surface area contributed by atoms with E-state index in [9.17, 15) is 14.4 Å². The average Bonchev–Trinajstić information content (AvgIpc) is 3.07. The highest BCUT2D eigenvalue weighted by Gasteiger charge is 2.32. The van der Waals surface area contributed by atoms with Gasteiger partial charge in [0.15, 0.2) is 0 Å². The summed E-state index contributed by atoms with van der Waals surface area (Å²) in [6.07, 6.45) is 1.77. The predicted octanol–water partition coefficient (Wildman–Crippen LogP) is 1.93. The molecule has 0 radical (unpaired) electrons. The maximum atomic E-state index is 12.3. The van der Waals surface area contributed by atoms with Gasteiger partial charge in [-0.2, -0.15) is 0 Å². The molecule has 1 fully saturated rings. The normalized spacial score (nSPS) is 17.6. The van der Waals surface area contributed by atoms with Gasteiger partial charge in [0.25, 0.3) is 5.91 Å². The molecule has 122 valence electrons. The Morgan fingerprint density at radius 2 is 2.26 bits per heavy atom. The van der Waals surface area contributed by atoms with E-state index in [2.05, 4.69) is 5.32 Å². The number of carbonyl (C=O) groups excluding carboxylic acids is 2. The molecule has 23 heavy (non-hydrogen) atoms. The molecule has 1 unspecified atom stereocenters. The fourth-order valence-electron chi connectivity index (χ4n) is 1.78. The molecule has 1 saturated heterocycles. The second-order valence-corrected chi connectivity index (χ2v) is 7.38. The molecule has 1 aliphatic rings. The minimum absolute atomic E-state index is 0.00363. The van der Waals surface area contributed by atoms with Gasteiger partial charge in [-0.25, -0.2) is 0 Å². The molecule has 2 rings (SSSR count). The first kappa shape index (κ1) is 17.6. The van der Waals surface area contributed by atoms with Crippen molar-refractivity contribution in [2.24, 2.45) is 0 Å². The topological polar surface area (TPSA) is 86.7 Å². The maximum Gasteiger partial charge on any atom is 0.325 e. The van der Waals surface area contributed by atoms with Crippen LogP contribution in [0.25, 0.3) is 6.08 Å². The highest BCUT2D eigenvalue weighted by atomic mass is 32.2. The Morgan fingerprint density at radius 3 is 2.87 bits per heavy atom. The molecule has 0 aliphatic carbocycles. The first-order chi connectivity index (χ1) is 10.9. The van der Waals surface area contributed by atoms with Crippen LogP contribution in [0.15, 0.2) is 22.4 Å². The number of amides is 2. The lowest BCUT2D eigenvalue weighted by Gasteiger charge is -2.15. The van der Waals surface area contributed by atoms with Gasteiger partial charge in [-0.1, -0.05) is 30.0 Å². The Morgan fingerprint density at radius 1 is 1.52 bits per heavy atom. The Bertz CT molecular complexity index is 670. The monoisotopic (exact) mass is 370 g/mol. The number of hydrogen-bond acceptors (Lipinski definition) is 6. The number of carboxylic acids is 1. The highest BCUT2D eigenvalue weighted by molar-refractivity contribution is 8.26. The minimum atomic E-state index is -1.11. The molecule has 9 heteroatoms. The van der Waals surface area contributed by atoms with E-state index in [0.29, 0.717) is 9.23 Å². The number of hydrogen-bond donors (Lipinski definition) is 2. The van der Waals surface area contributed by atoms with Crippen LogP contribution in [0.1, 0.15) is 18.2 Å². The van der Waals surface area contributed by atoms with Crippen LogP contribution in [-0.2, 0) is 14.4 Å². The highest BCUT2D eigenvalue weighted by Crippen LogP contribution is 2.33. The van der Waals surface area contributed by atoms with Gasteiger partial charge in [0.2, 0.25) is 5.91 Å². The average molecular weight is 370 g/mol. The first-order valence-corrected chi connectivity index (χ1v) is 8.80. The van der Waals surface area contributed by atoms with Crippen LogP contribution in [-0.4, -0.2) is 44.7 Å². The number of thiocarbonyl (C=S) groups is 1. The van der Waals surface area contributed by atoms with E-state index in [4.69, 9.17) is 17.3 Å². The quantitative estimate of drug-likeness (QED) is 0.588. The number of thioether (sulfide) groups is 1. The second kappa shape index (κ2) is 7.71. The predicted molar refractivity (Wildman–Crippen MR) is 94.1 cm³/mol. The third-order valence-electron chi connectivity index (χ3n) is 3.00. The molecule has 1 aliphatic heterocycles. The largest absolute Gasteiger partial charge is 0.480 e. The number of carboxylic acid groups (broad SMARTS) is 1. The summed E-state index contributed by atoms with van der Waals surface area (Å²) in [6.45, 7) is 1.51. The Hall–Kier alpha value is -1.71. The first-order valence-electron chi connectivity index (χ1n) is 6.69. The van der Waals surface area contributed by atoms with Crippen LogP contribution in [0.5, 0.6) is 0 Å². The summed E-state index contributed by atoms with van der Waals surface area (Å²) in [6, 6.07) is 2.83. The van der Waals surface area contributed by atoms with Crippen molar-refractivity contribution in [3.63, 3.8) is 0 Å². The lowest BCUT2D eigenvalue weighted by Crippen LogP contribution is -2.40. The fourth-order valence-corrected chi connectivity index (χ4v) is 3.82. The van der Waals surface area contributed by atoms with Crippen molar-refractivity contribution >= 4 is 63.5 Å². The van der Waals surface area contributed by atoms with Gasteiger partial charge >= 0.3 is 5.97 Å². The Kier molecular flexibility index (Phi) is 5.91. The zero-order valence-electron chi connectivity index (χ0n) is 12.1. The molecule has 6 nitrogen and oxygen atoms in total. The van der Waals surface area contributed by atoms with Gasteiger partial charge in [0, 0.05) is 17.8 Å². The zero-order valence-corrected chi connectivity index (χ0v) is 14.6. The second-order valence-electron chi connectivity index (χ2n) is 4.73. The number of aliphatic carboxylic acids is 1. The zero-order chi connectivity index (χ0) is 17.0. The molecule has 0 aromatic carbocycles. The lowest BCUT2D eigenvalue weighted by molar-refractivity contribution is -0.141. The van der Waals surface area contributed by atoms with E-state index in [1.54, 1.807) is 6.08 Å². The maximum absolute atomic E-state index is 12.3. The van der Waals surface area contributed by atoms with Crippen LogP contribution >= 0.6 is 35.3 Å². The molecule has 1 aromatic heterocycles. The van der Waals surface area contributed by atoms with E-state index in [1.165, 1.54) is 34.9 Å². The van der Waals surface area contributed by atoms with E-state index in [0.717, 1.165) is 4.88 Å². The molecular weight excluding hydrogens is 356 g/mol. The van der Waals surface area contributed by atoms with Crippen molar-refractivity contribution in [2.75, 3.05) is 6.54 Å². The summed E-state index contributed by atoms with van der Waals surface area (Å²) in [7, 11) is 0. The number of rotatable bonds is 6. The number of nitrogens with zero attached hydrogens (tertiary/aromatic N) is 1. The number of nitrogens with one attached hydrogen (secondary N) is 1. The molecule has 0 spiro atoms. The van der Waals surface area contributed by atoms with Gasteiger partial charge in [0.1, 0.15) is 10.4 Å². The van der Waals surface area contributed by atoms with Crippen LogP contribution in [0.3, 0.4) is 0 Å². The van der Waals surface area contributed by atoms with E-state index >= 15 is 0 Å². The van der Waals surface area contributed by atoms with Crippen LogP contribution in [0.4, 0.5) is 0 Å². The SMILES string of the molecule is CC(NC(=O)CCN1C(=O)/C(=C/c2cccs2)SC1=S)C(=O)O. The lowest BCUT2D eigenvalue weighted by atomic mass is 10.3. The molecule has 2 heterocycles.